The van der Waals surface area contributed by atoms with E-state index in [4.69, 9.17) is 14.6 Å². The lowest BCUT2D eigenvalue weighted by Gasteiger charge is -2.39. The van der Waals surface area contributed by atoms with Crippen LogP contribution < -0.4 is 5.69 Å². The Morgan fingerprint density at radius 2 is 1.65 bits per heavy atom. The minimum absolute atomic E-state index is 0.381. The van der Waals surface area contributed by atoms with Gasteiger partial charge in [-0.15, -0.1) is 11.8 Å². The van der Waals surface area contributed by atoms with E-state index in [1.165, 1.54) is 24.0 Å². The Bertz CT molecular complexity index is 1090. The van der Waals surface area contributed by atoms with E-state index >= 15 is 0 Å². The molecule has 8 N–H and O–H groups in total. The summed E-state index contributed by atoms with van der Waals surface area (Å²) < 4.78 is 48.6. The number of aromatic nitrogens is 2. The van der Waals surface area contributed by atoms with Crippen molar-refractivity contribution in [1.29, 1.82) is 0 Å². The molecule has 0 aliphatic carbocycles. The fourth-order valence-electron chi connectivity index (χ4n) is 3.43. The molecule has 2 fully saturated rings. The second-order valence-corrected chi connectivity index (χ2v) is 11.6. The first-order valence-electron chi connectivity index (χ1n) is 10.3. The van der Waals surface area contributed by atoms with Crippen molar-refractivity contribution in [3.05, 3.63) is 22.7 Å². The Labute approximate surface area is 212 Å². The third kappa shape index (κ3) is 7.23. The molecular weight excluding hydrogens is 570 g/mol. The Balaban J connectivity index is 1.61. The van der Waals surface area contributed by atoms with E-state index in [1.807, 2.05) is 0 Å². The molecule has 0 radical (unpaired) electrons. The third-order valence-electron chi connectivity index (χ3n) is 5.32. The molecule has 37 heavy (non-hydrogen) atoms. The van der Waals surface area contributed by atoms with Crippen LogP contribution in [0.2, 0.25) is 0 Å². The molecule has 2 aliphatic rings. The summed E-state index contributed by atoms with van der Waals surface area (Å²) >= 11 is 1.18. The number of rotatable bonds is 10. The number of phosphoric acid groups is 2. The van der Waals surface area contributed by atoms with Crippen LogP contribution in [0.4, 0.5) is 0 Å². The first kappa shape index (κ1) is 30.7. The summed E-state index contributed by atoms with van der Waals surface area (Å²) in [6, 6.07) is 1.45. The first-order chi connectivity index (χ1) is 17.2. The molecule has 18 nitrogen and oxygen atoms in total. The number of aliphatic hydroxyl groups excluding tert-OH is 6. The van der Waals surface area contributed by atoms with Crippen LogP contribution in [0, 0.1) is 0 Å². The molecule has 0 saturated carbocycles. The predicted molar refractivity (Wildman–Crippen MR) is 118 cm³/mol. The van der Waals surface area contributed by atoms with Gasteiger partial charge in [-0.3, -0.25) is 13.6 Å². The molecule has 2 aliphatic heterocycles. The lowest BCUT2D eigenvalue weighted by Crippen LogP contribution is -2.58. The number of phosphoric ester groups is 2. The van der Waals surface area contributed by atoms with Gasteiger partial charge in [0.25, 0.3) is 0 Å². The van der Waals surface area contributed by atoms with Crippen LogP contribution in [0.15, 0.2) is 22.1 Å². The highest BCUT2D eigenvalue weighted by Crippen LogP contribution is 2.61. The van der Waals surface area contributed by atoms with Gasteiger partial charge in [0.1, 0.15) is 47.8 Å². The van der Waals surface area contributed by atoms with Crippen molar-refractivity contribution in [2.24, 2.45) is 0 Å². The van der Waals surface area contributed by atoms with Gasteiger partial charge < -0.3 is 49.9 Å². The van der Waals surface area contributed by atoms with Gasteiger partial charge in [0.05, 0.1) is 13.2 Å². The zero-order valence-corrected chi connectivity index (χ0v) is 21.4. The normalized spacial score (nSPS) is 37.7. The zero-order chi connectivity index (χ0) is 27.7. The van der Waals surface area contributed by atoms with Crippen molar-refractivity contribution in [2.75, 3.05) is 19.5 Å². The Morgan fingerprint density at radius 3 is 2.24 bits per heavy atom. The van der Waals surface area contributed by atoms with Gasteiger partial charge in [0, 0.05) is 6.20 Å². The van der Waals surface area contributed by atoms with E-state index in [2.05, 4.69) is 18.3 Å². The van der Waals surface area contributed by atoms with Crippen molar-refractivity contribution >= 4 is 27.4 Å². The number of hydrogen-bond donors (Lipinski definition) is 8. The van der Waals surface area contributed by atoms with Gasteiger partial charge in [-0.1, -0.05) is 0 Å². The first-order valence-corrected chi connectivity index (χ1v) is 14.6. The van der Waals surface area contributed by atoms with Crippen molar-refractivity contribution in [2.45, 2.75) is 60.3 Å². The zero-order valence-electron chi connectivity index (χ0n) is 18.8. The number of thioether (sulfide) groups is 1. The number of ether oxygens (including phenoxy) is 2. The average molecular weight is 596 g/mol. The largest absolute Gasteiger partial charge is 0.483 e. The molecule has 212 valence electrons. The van der Waals surface area contributed by atoms with Crippen LogP contribution in [0.1, 0.15) is 6.23 Å². The highest BCUT2D eigenvalue weighted by Gasteiger charge is 2.49. The quantitative estimate of drug-likeness (QED) is 0.0743. The highest BCUT2D eigenvalue weighted by molar-refractivity contribution is 7.98. The molecule has 11 unspecified atom stereocenters. The van der Waals surface area contributed by atoms with Gasteiger partial charge >= 0.3 is 21.3 Å². The maximum Gasteiger partial charge on any atom is 0.483 e. The minimum Gasteiger partial charge on any atom is -0.394 e. The second kappa shape index (κ2) is 12.1. The Morgan fingerprint density at radius 1 is 1.00 bits per heavy atom. The van der Waals surface area contributed by atoms with E-state index in [0.717, 1.165) is 4.57 Å². The van der Waals surface area contributed by atoms with Crippen LogP contribution in [-0.4, -0.2) is 118 Å². The molecule has 0 spiro atoms. The molecule has 1 aromatic heterocycles. The van der Waals surface area contributed by atoms with Crippen molar-refractivity contribution in [3.8, 4) is 0 Å². The van der Waals surface area contributed by atoms with Gasteiger partial charge in [-0.25, -0.2) is 13.9 Å². The Kier molecular flexibility index (Phi) is 10.1. The van der Waals surface area contributed by atoms with Gasteiger partial charge in [0.2, 0.25) is 0 Å². The van der Waals surface area contributed by atoms with E-state index in [9.17, 15) is 49.2 Å². The maximum atomic E-state index is 12.2. The van der Waals surface area contributed by atoms with Crippen molar-refractivity contribution < 1.29 is 72.4 Å². The molecule has 3 heterocycles. The summed E-state index contributed by atoms with van der Waals surface area (Å²) in [5, 5.41) is 59.3. The summed E-state index contributed by atoms with van der Waals surface area (Å²) in [5.41, 5.74) is -0.813. The fourth-order valence-corrected chi connectivity index (χ4v) is 5.95. The molecule has 0 bridgehead atoms. The highest BCUT2D eigenvalue weighted by atomic mass is 32.2. The summed E-state index contributed by atoms with van der Waals surface area (Å²) in [4.78, 5) is 35.6. The molecule has 1 aromatic rings. The monoisotopic (exact) mass is 596 g/mol. The topological polar surface area (TPSA) is 277 Å². The smallest absolute Gasteiger partial charge is 0.394 e. The van der Waals surface area contributed by atoms with Crippen LogP contribution in [0.3, 0.4) is 0 Å². The molecular formula is C16H26N2O16P2S. The SMILES string of the molecule is CSc1ccn(C2OC(COP(=O)(O)OP(=O)(O)OC3OC(CO)C(O)C(O)C3O)C(O)C2O)c(=O)n1. The number of aliphatic hydroxyl groups is 6. The standard InChI is InChI=1S/C16H26N2O16P2S/c1-37-8-2-3-18(16(25)17-8)14-12(23)10(21)7(31-14)5-30-35(26,27)34-36(28,29)33-15-13(24)11(22)9(20)6(4-19)32-15/h2-3,6-7,9-15,19-24H,4-5H2,1H3,(H,26,27)(H,28,29). The molecule has 2 saturated heterocycles. The predicted octanol–water partition coefficient (Wildman–Crippen LogP) is -3.37. The van der Waals surface area contributed by atoms with E-state index < -0.39 is 89.8 Å². The molecule has 3 rings (SSSR count). The van der Waals surface area contributed by atoms with Crippen molar-refractivity contribution in [1.82, 2.24) is 9.55 Å². The lowest BCUT2D eigenvalue weighted by atomic mass is 10.00. The minimum atomic E-state index is -5.57. The summed E-state index contributed by atoms with van der Waals surface area (Å²) in [5.74, 6) is 0. The second-order valence-electron chi connectivity index (χ2n) is 7.82. The van der Waals surface area contributed by atoms with Gasteiger partial charge in [0.15, 0.2) is 12.5 Å². The summed E-state index contributed by atoms with van der Waals surface area (Å²) in [7, 11) is -11.0. The van der Waals surface area contributed by atoms with Gasteiger partial charge in [-0.05, 0) is 12.3 Å². The maximum absolute atomic E-state index is 12.2. The third-order valence-corrected chi connectivity index (χ3v) is 8.56. The average Bonchev–Trinajstić information content (AvgIpc) is 3.10. The van der Waals surface area contributed by atoms with E-state index in [0.29, 0.717) is 5.03 Å². The number of hydrogen-bond acceptors (Lipinski definition) is 16. The lowest BCUT2D eigenvalue weighted by molar-refractivity contribution is -0.280. The van der Waals surface area contributed by atoms with E-state index in [-0.39, 0.29) is 0 Å². The molecule has 0 amide bonds. The van der Waals surface area contributed by atoms with Crippen LogP contribution in [0.5, 0.6) is 0 Å². The Hall–Kier alpha value is -0.830. The van der Waals surface area contributed by atoms with Crippen LogP contribution in [0.25, 0.3) is 0 Å². The van der Waals surface area contributed by atoms with E-state index in [1.54, 1.807) is 6.26 Å². The fraction of sp³-hybridized carbons (Fsp3) is 0.750. The van der Waals surface area contributed by atoms with Crippen LogP contribution in [-0.2, 0) is 32.0 Å². The number of nitrogens with zero attached hydrogens (tertiary/aromatic N) is 2. The molecule has 11 atom stereocenters. The van der Waals surface area contributed by atoms with Gasteiger partial charge in [-0.2, -0.15) is 9.29 Å². The van der Waals surface area contributed by atoms with Crippen molar-refractivity contribution in [3.63, 3.8) is 0 Å². The van der Waals surface area contributed by atoms with Crippen LogP contribution >= 0.6 is 27.4 Å². The summed E-state index contributed by atoms with van der Waals surface area (Å²) in [6.45, 7) is -1.86. The molecule has 21 heteroatoms. The summed E-state index contributed by atoms with van der Waals surface area (Å²) in [6.07, 6.45) is -13.0. The molecule has 0 aromatic carbocycles.